The van der Waals surface area contributed by atoms with Crippen LogP contribution in [0.2, 0.25) is 0 Å². The van der Waals surface area contributed by atoms with Gasteiger partial charge in [-0.1, -0.05) is 30.3 Å². The molecule has 0 saturated carbocycles. The van der Waals surface area contributed by atoms with Crippen molar-refractivity contribution in [3.8, 4) is 0 Å². The van der Waals surface area contributed by atoms with Crippen LogP contribution in [0.5, 0.6) is 0 Å². The fourth-order valence-electron chi connectivity index (χ4n) is 2.52. The van der Waals surface area contributed by atoms with Crippen LogP contribution in [0.3, 0.4) is 0 Å². The van der Waals surface area contributed by atoms with Crippen molar-refractivity contribution in [1.29, 1.82) is 0 Å². The molecule has 0 aliphatic carbocycles. The van der Waals surface area contributed by atoms with E-state index >= 15 is 0 Å². The third-order valence-electron chi connectivity index (χ3n) is 3.82. The molecule has 6 heteroatoms. The first-order valence-corrected chi connectivity index (χ1v) is 6.43. The monoisotopic (exact) mass is 286 g/mol. The average Bonchev–Trinajstić information content (AvgIpc) is 2.49. The minimum absolute atomic E-state index is 0.286. The molecular weight excluding hydrogens is 267 g/mol. The minimum atomic E-state index is -1.76. The Labute approximate surface area is 116 Å². The highest BCUT2D eigenvalue weighted by Crippen LogP contribution is 2.41. The zero-order valence-electron chi connectivity index (χ0n) is 11.1. The molecule has 20 heavy (non-hydrogen) atoms. The summed E-state index contributed by atoms with van der Waals surface area (Å²) in [5.74, 6) is 0. The number of aliphatic hydroxyl groups is 4. The largest absolute Gasteiger partial charge is 0.394 e. The molecule has 1 aromatic carbocycles. The van der Waals surface area contributed by atoms with Gasteiger partial charge in [-0.25, -0.2) is 4.39 Å². The van der Waals surface area contributed by atoms with Gasteiger partial charge in [-0.15, -0.1) is 0 Å². The number of hydrogen-bond acceptors (Lipinski definition) is 5. The molecule has 1 fully saturated rings. The maximum atomic E-state index is 14.7. The molecule has 6 atom stereocenters. The van der Waals surface area contributed by atoms with Crippen LogP contribution in [0, 0.1) is 0 Å². The first kappa shape index (κ1) is 15.3. The first-order chi connectivity index (χ1) is 9.41. The Morgan fingerprint density at radius 2 is 1.80 bits per heavy atom. The molecule has 1 saturated heterocycles. The fraction of sp³-hybridized carbons (Fsp3) is 0.571. The Balaban J connectivity index is 2.32. The average molecular weight is 286 g/mol. The summed E-state index contributed by atoms with van der Waals surface area (Å²) in [6, 6.07) is 8.10. The summed E-state index contributed by atoms with van der Waals surface area (Å²) >= 11 is 0. The van der Waals surface area contributed by atoms with Gasteiger partial charge in [-0.2, -0.15) is 0 Å². The number of ether oxygens (including phenoxy) is 1. The van der Waals surface area contributed by atoms with Gasteiger partial charge in [0.15, 0.2) is 6.17 Å². The summed E-state index contributed by atoms with van der Waals surface area (Å²) in [7, 11) is 0. The number of hydrogen-bond donors (Lipinski definition) is 4. The number of rotatable bonds is 3. The van der Waals surface area contributed by atoms with Crippen molar-refractivity contribution in [2.24, 2.45) is 0 Å². The summed E-state index contributed by atoms with van der Waals surface area (Å²) in [4.78, 5) is 0. The Bertz CT molecular complexity index is 440. The van der Waals surface area contributed by atoms with Crippen LogP contribution in [-0.2, 0) is 4.74 Å². The van der Waals surface area contributed by atoms with Crippen LogP contribution in [0.15, 0.2) is 30.3 Å². The van der Waals surface area contributed by atoms with E-state index in [0.717, 1.165) is 0 Å². The van der Waals surface area contributed by atoms with Crippen molar-refractivity contribution in [2.75, 3.05) is 6.61 Å². The second-order valence-electron chi connectivity index (χ2n) is 5.22. The predicted octanol–water partition coefficient (Wildman–Crippen LogP) is -0.0703. The zero-order chi connectivity index (χ0) is 14.9. The van der Waals surface area contributed by atoms with Gasteiger partial charge in [-0.3, -0.25) is 0 Å². The predicted molar refractivity (Wildman–Crippen MR) is 68.7 cm³/mol. The van der Waals surface area contributed by atoms with Gasteiger partial charge >= 0.3 is 0 Å². The van der Waals surface area contributed by atoms with Crippen LogP contribution in [-0.4, -0.2) is 57.0 Å². The third kappa shape index (κ3) is 2.45. The topological polar surface area (TPSA) is 90.2 Å². The molecule has 5 nitrogen and oxygen atoms in total. The molecule has 0 spiro atoms. The molecule has 112 valence electrons. The summed E-state index contributed by atoms with van der Waals surface area (Å²) in [6.45, 7) is 0.731. The lowest BCUT2D eigenvalue weighted by Gasteiger charge is -2.48. The fourth-order valence-corrected chi connectivity index (χ4v) is 2.52. The second-order valence-corrected chi connectivity index (χ2v) is 5.22. The number of halogens is 1. The summed E-state index contributed by atoms with van der Waals surface area (Å²) in [5.41, 5.74) is -1.47. The van der Waals surface area contributed by atoms with E-state index < -0.39 is 42.8 Å². The van der Waals surface area contributed by atoms with E-state index in [1.54, 1.807) is 18.2 Å². The summed E-state index contributed by atoms with van der Waals surface area (Å²) in [5, 5.41) is 38.7. The lowest BCUT2D eigenvalue weighted by atomic mass is 9.80. The van der Waals surface area contributed by atoms with Crippen LogP contribution < -0.4 is 0 Å². The van der Waals surface area contributed by atoms with E-state index in [9.17, 15) is 19.7 Å². The van der Waals surface area contributed by atoms with Crippen molar-refractivity contribution in [1.82, 2.24) is 0 Å². The Hall–Kier alpha value is -1.05. The minimum Gasteiger partial charge on any atom is -0.394 e. The van der Waals surface area contributed by atoms with Gasteiger partial charge in [0, 0.05) is 0 Å². The Morgan fingerprint density at radius 3 is 2.35 bits per heavy atom. The van der Waals surface area contributed by atoms with Crippen molar-refractivity contribution < 1.29 is 29.6 Å². The Kier molecular flexibility index (Phi) is 4.41. The quantitative estimate of drug-likeness (QED) is 0.624. The lowest BCUT2D eigenvalue weighted by Crippen LogP contribution is -2.65. The highest BCUT2D eigenvalue weighted by atomic mass is 19.1. The van der Waals surface area contributed by atoms with E-state index in [-0.39, 0.29) is 5.56 Å². The molecular formula is C14H19FO5. The zero-order valence-corrected chi connectivity index (χ0v) is 11.1. The van der Waals surface area contributed by atoms with Gasteiger partial charge in [0.25, 0.3) is 0 Å². The van der Waals surface area contributed by atoms with Gasteiger partial charge in [-0.05, 0) is 12.5 Å². The van der Waals surface area contributed by atoms with Crippen LogP contribution >= 0.6 is 0 Å². The Morgan fingerprint density at radius 1 is 1.20 bits per heavy atom. The smallest absolute Gasteiger partial charge is 0.156 e. The second kappa shape index (κ2) is 5.75. The molecule has 0 bridgehead atoms. The molecule has 4 N–H and O–H groups in total. The van der Waals surface area contributed by atoms with Gasteiger partial charge in [0.05, 0.1) is 6.61 Å². The van der Waals surface area contributed by atoms with Crippen molar-refractivity contribution in [3.05, 3.63) is 35.9 Å². The number of benzene rings is 1. The first-order valence-electron chi connectivity index (χ1n) is 6.43. The van der Waals surface area contributed by atoms with Crippen molar-refractivity contribution >= 4 is 0 Å². The molecule has 2 rings (SSSR count). The molecule has 1 aliphatic heterocycles. The van der Waals surface area contributed by atoms with Crippen molar-refractivity contribution in [2.45, 2.75) is 43.1 Å². The number of aliphatic hydroxyl groups excluding tert-OH is 4. The van der Waals surface area contributed by atoms with E-state index in [1.165, 1.54) is 19.1 Å². The molecule has 1 aromatic rings. The van der Waals surface area contributed by atoms with Crippen LogP contribution in [0.25, 0.3) is 0 Å². The maximum absolute atomic E-state index is 14.7. The van der Waals surface area contributed by atoms with E-state index in [2.05, 4.69) is 0 Å². The molecule has 0 amide bonds. The van der Waals surface area contributed by atoms with Gasteiger partial charge < -0.3 is 25.2 Å². The van der Waals surface area contributed by atoms with E-state index in [0.29, 0.717) is 0 Å². The SMILES string of the molecule is CC1(C(F)c2ccccc2)O[C@H](CO)[C@@H](O)[C@H](O)[C@H]1O. The van der Waals surface area contributed by atoms with Gasteiger partial charge in [0.1, 0.15) is 30.0 Å². The molecule has 1 aliphatic rings. The molecule has 2 unspecified atom stereocenters. The normalized spacial score (nSPS) is 39.5. The summed E-state index contributed by atoms with van der Waals surface area (Å²) in [6.07, 6.45) is -7.54. The van der Waals surface area contributed by atoms with Crippen LogP contribution in [0.1, 0.15) is 18.7 Å². The molecule has 0 radical (unpaired) electrons. The third-order valence-corrected chi connectivity index (χ3v) is 3.82. The highest BCUT2D eigenvalue weighted by Gasteiger charge is 2.55. The lowest BCUT2D eigenvalue weighted by molar-refractivity contribution is -0.285. The van der Waals surface area contributed by atoms with Crippen LogP contribution in [0.4, 0.5) is 4.39 Å². The molecule has 1 heterocycles. The highest BCUT2D eigenvalue weighted by molar-refractivity contribution is 5.22. The summed E-state index contributed by atoms with van der Waals surface area (Å²) < 4.78 is 20.1. The number of alkyl halides is 1. The molecule has 0 aromatic heterocycles. The standard InChI is InChI=1S/C14H19FO5/c1-14(12(15)8-5-3-2-4-6-8)13(19)11(18)10(17)9(7-16)20-14/h2-6,9-13,16-19H,7H2,1H3/t9-,10-,11+,12?,13-,14?/m1/s1. The maximum Gasteiger partial charge on any atom is 0.156 e. The van der Waals surface area contributed by atoms with Gasteiger partial charge in [0.2, 0.25) is 0 Å². The van der Waals surface area contributed by atoms with E-state index in [4.69, 9.17) is 9.84 Å². The van der Waals surface area contributed by atoms with E-state index in [1.807, 2.05) is 0 Å². The van der Waals surface area contributed by atoms with Crippen molar-refractivity contribution in [3.63, 3.8) is 0 Å².